The summed E-state index contributed by atoms with van der Waals surface area (Å²) >= 11 is 1.85. The van der Waals surface area contributed by atoms with Gasteiger partial charge >= 0.3 is 325 Å². The standard InChI is InChI=1S/C60H49P.Os/c1-4-22-45-36-39-55-56-40-37-46(42-58(56)60(57(55)41-45)59(48-23-11-6-12-24-48)49-25-13-7-14-26-49)35-38-50(43-51-28-21-27-47(51)5-2)44(3)61(52-29-15-8-16-30-52,53-31-17-9-18-32-53)54-33-19-10-20-34-54;/h4-20,22-26,29-43H,21,27-28H2,1-2H3;/q+1;/b22-4+,38-35+,47-5?,50-44?,51-43?;. The fourth-order valence-corrected chi connectivity index (χ4v) is 15.3. The van der Waals surface area contributed by atoms with Crippen LogP contribution < -0.4 is 15.9 Å². The van der Waals surface area contributed by atoms with Crippen LogP contribution >= 0.6 is 7.26 Å². The summed E-state index contributed by atoms with van der Waals surface area (Å²) in [5.41, 5.74) is 16.5. The fraction of sp³-hybridized carbons (Fsp3) is 0.0833. The normalized spacial score (nSPS) is 15.2. The van der Waals surface area contributed by atoms with E-state index in [-0.39, 0.29) is 0 Å². The number of allylic oxidation sites excluding steroid dienone is 8. The van der Waals surface area contributed by atoms with Crippen molar-refractivity contribution < 1.29 is 17.9 Å². The monoisotopic (exact) mass is 992 g/mol. The number of hydrogen-bond donors (Lipinski definition) is 0. The van der Waals surface area contributed by atoms with E-state index >= 15 is 0 Å². The first kappa shape index (κ1) is 41.2. The van der Waals surface area contributed by atoms with Crippen molar-refractivity contribution in [1.82, 2.24) is 0 Å². The van der Waals surface area contributed by atoms with Gasteiger partial charge in [0.2, 0.25) is 0 Å². The molecular formula is C60H49OsP+. The van der Waals surface area contributed by atoms with Crippen LogP contribution in [0, 0.1) is 4.37 Å². The molecule has 1 saturated carbocycles. The molecule has 1 fully saturated rings. The van der Waals surface area contributed by atoms with Crippen molar-refractivity contribution in [2.75, 3.05) is 0 Å². The van der Waals surface area contributed by atoms with Crippen molar-refractivity contribution in [3.63, 3.8) is 0 Å². The molecule has 0 aromatic heterocycles. The third-order valence-electron chi connectivity index (χ3n) is 12.2. The van der Waals surface area contributed by atoms with Gasteiger partial charge in [0.25, 0.3) is 0 Å². The molecule has 0 heterocycles. The molecule has 0 spiro atoms. The summed E-state index contributed by atoms with van der Waals surface area (Å²) in [5, 5.41) is 5.23. The van der Waals surface area contributed by atoms with Gasteiger partial charge in [0.15, 0.2) is 0 Å². The molecule has 0 nitrogen and oxygen atoms in total. The second-order valence-corrected chi connectivity index (χ2v) is 19.8. The molecule has 0 amide bonds. The molecule has 0 aliphatic heterocycles. The molecule has 7 aromatic carbocycles. The van der Waals surface area contributed by atoms with Gasteiger partial charge in [-0.3, -0.25) is 0 Å². The van der Waals surface area contributed by atoms with Gasteiger partial charge in [0, 0.05) is 0 Å². The first-order valence-electron chi connectivity index (χ1n) is 21.6. The van der Waals surface area contributed by atoms with Crippen LogP contribution in [0.3, 0.4) is 0 Å². The Morgan fingerprint density at radius 3 is 1.42 bits per heavy atom. The Hall–Kier alpha value is -6.17. The zero-order valence-electron chi connectivity index (χ0n) is 35.3. The summed E-state index contributed by atoms with van der Waals surface area (Å²) in [5.74, 6) is 0. The zero-order chi connectivity index (χ0) is 42.3. The summed E-state index contributed by atoms with van der Waals surface area (Å²) in [6, 6.07) is 69.4. The Balaban J connectivity index is 1.31. The summed E-state index contributed by atoms with van der Waals surface area (Å²) < 4.78 is 3.94. The first-order valence-corrected chi connectivity index (χ1v) is 24.7. The van der Waals surface area contributed by atoms with E-state index in [2.05, 4.69) is 243 Å². The van der Waals surface area contributed by atoms with Crippen LogP contribution in [0.25, 0.3) is 34.4 Å². The van der Waals surface area contributed by atoms with Gasteiger partial charge in [0.05, 0.1) is 0 Å². The summed E-state index contributed by atoms with van der Waals surface area (Å²) in [4.78, 5) is 0. The molecular weight excluding hydrogens is 942 g/mol. The van der Waals surface area contributed by atoms with Crippen LogP contribution in [0.4, 0.5) is 0 Å². The number of hydrogen-bond acceptors (Lipinski definition) is 0. The van der Waals surface area contributed by atoms with Gasteiger partial charge in [-0.05, 0) is 6.92 Å². The topological polar surface area (TPSA) is 0 Å². The molecule has 0 N–H and O–H groups in total. The van der Waals surface area contributed by atoms with Crippen molar-refractivity contribution in [2.24, 2.45) is 0 Å². The van der Waals surface area contributed by atoms with Gasteiger partial charge in [-0.1, -0.05) is 48.6 Å². The van der Waals surface area contributed by atoms with Gasteiger partial charge < -0.3 is 0 Å². The predicted molar refractivity (Wildman–Crippen MR) is 265 cm³/mol. The molecule has 2 aliphatic carbocycles. The van der Waals surface area contributed by atoms with Crippen molar-refractivity contribution in [2.45, 2.75) is 33.1 Å². The van der Waals surface area contributed by atoms with Gasteiger partial charge in [-0.2, -0.15) is 0 Å². The molecule has 0 bridgehead atoms. The fourth-order valence-electron chi connectivity index (χ4n) is 9.43. The number of fused-ring (bicyclic) bond motifs is 3. The van der Waals surface area contributed by atoms with Gasteiger partial charge in [0.1, 0.15) is 0 Å². The van der Waals surface area contributed by atoms with Crippen LogP contribution in [0.15, 0.2) is 234 Å². The summed E-state index contributed by atoms with van der Waals surface area (Å²) in [6.45, 7) is 4.28. The SMILES string of the molecule is CC=C1CCCC1=CC(/C=C/c1ccc2c(c1)C(=C(c1ccccc1)c1ccccc1)c1cc(/C=C/C)ccc1-2)=C([C]#[Os])[P+](c1ccccc1)(c1ccccc1)c1ccccc1. The van der Waals surface area contributed by atoms with Crippen molar-refractivity contribution in [1.29, 1.82) is 0 Å². The maximum atomic E-state index is 3.94. The van der Waals surface area contributed by atoms with Crippen molar-refractivity contribution >= 4 is 46.5 Å². The summed E-state index contributed by atoms with van der Waals surface area (Å²) in [7, 11) is -2.43. The van der Waals surface area contributed by atoms with Crippen LogP contribution in [-0.2, 0) is 17.9 Å². The quantitative estimate of drug-likeness (QED) is 0.0946. The average Bonchev–Trinajstić information content (AvgIpc) is 3.92. The molecule has 9 rings (SSSR count). The molecule has 7 aromatic rings. The third kappa shape index (κ3) is 7.91. The number of benzene rings is 7. The van der Waals surface area contributed by atoms with Crippen LogP contribution in [0.1, 0.15) is 66.5 Å². The Bertz CT molecular complexity index is 2820. The van der Waals surface area contributed by atoms with Crippen molar-refractivity contribution in [3.8, 4) is 15.5 Å². The molecule has 0 saturated heterocycles. The van der Waals surface area contributed by atoms with Crippen molar-refractivity contribution in [3.05, 3.63) is 268 Å². The Labute approximate surface area is 378 Å². The maximum absolute atomic E-state index is 3.94. The average molecular weight is 991 g/mol. The summed E-state index contributed by atoms with van der Waals surface area (Å²) in [6.07, 6.45) is 17.3. The Kier molecular flexibility index (Phi) is 12.5. The molecule has 301 valence electrons. The minimum absolute atomic E-state index is 1.08. The Morgan fingerprint density at radius 1 is 0.516 bits per heavy atom. The molecule has 2 heteroatoms. The second kappa shape index (κ2) is 18.8. The van der Waals surface area contributed by atoms with E-state index in [0.29, 0.717) is 0 Å². The van der Waals surface area contributed by atoms with E-state index in [1.807, 2.05) is 17.9 Å². The van der Waals surface area contributed by atoms with Gasteiger partial charge in [-0.15, -0.1) is 0 Å². The molecule has 2 aliphatic rings. The molecule has 62 heavy (non-hydrogen) atoms. The zero-order valence-corrected chi connectivity index (χ0v) is 38.7. The van der Waals surface area contributed by atoms with E-state index in [0.717, 1.165) is 18.4 Å². The number of rotatable bonds is 10. The van der Waals surface area contributed by atoms with E-state index in [4.69, 9.17) is 0 Å². The molecule has 0 radical (unpaired) electrons. The Morgan fingerprint density at radius 2 is 0.968 bits per heavy atom. The van der Waals surface area contributed by atoms with Crippen LogP contribution in [0.2, 0.25) is 0 Å². The predicted octanol–water partition coefficient (Wildman–Crippen LogP) is 14.5. The second-order valence-electron chi connectivity index (χ2n) is 15.8. The van der Waals surface area contributed by atoms with E-state index in [1.165, 1.54) is 94.5 Å². The minimum atomic E-state index is -2.43. The first-order chi connectivity index (χ1) is 30.6. The van der Waals surface area contributed by atoms with E-state index < -0.39 is 7.26 Å². The van der Waals surface area contributed by atoms with Gasteiger partial charge in [-0.25, -0.2) is 0 Å². The molecule has 0 atom stereocenters. The van der Waals surface area contributed by atoms with Crippen LogP contribution in [0.5, 0.6) is 0 Å². The van der Waals surface area contributed by atoms with E-state index in [9.17, 15) is 0 Å². The molecule has 0 unspecified atom stereocenters. The van der Waals surface area contributed by atoms with Crippen LogP contribution in [-0.4, -0.2) is 0 Å². The van der Waals surface area contributed by atoms with E-state index in [1.54, 1.807) is 0 Å². The third-order valence-corrected chi connectivity index (χ3v) is 17.6.